The molecule has 2 aromatic rings. The standard InChI is InChI=1S/C19H20BrNO3/c20-16-8-6-14(7-9-16)17(22)3-1-5-19(23)21-11-10-15(13-21)18-4-2-12-24-18/h2,4,6-9,12,15H,1,3,5,10-11,13H2. The van der Waals surface area contributed by atoms with E-state index >= 15 is 0 Å². The predicted molar refractivity (Wildman–Crippen MR) is 95.0 cm³/mol. The van der Waals surface area contributed by atoms with E-state index in [2.05, 4.69) is 15.9 Å². The second kappa shape index (κ2) is 7.79. The van der Waals surface area contributed by atoms with E-state index < -0.39 is 0 Å². The molecule has 126 valence electrons. The monoisotopic (exact) mass is 389 g/mol. The lowest BCUT2D eigenvalue weighted by atomic mass is 10.1. The van der Waals surface area contributed by atoms with Gasteiger partial charge in [0.15, 0.2) is 5.78 Å². The average Bonchev–Trinajstić information content (AvgIpc) is 3.26. The van der Waals surface area contributed by atoms with Crippen LogP contribution in [0.3, 0.4) is 0 Å². The van der Waals surface area contributed by atoms with Crippen molar-refractivity contribution in [3.8, 4) is 0 Å². The minimum atomic E-state index is 0.0881. The fourth-order valence-corrected chi connectivity index (χ4v) is 3.35. The largest absolute Gasteiger partial charge is 0.469 e. The van der Waals surface area contributed by atoms with Gasteiger partial charge in [-0.3, -0.25) is 9.59 Å². The molecule has 1 aliphatic heterocycles. The summed E-state index contributed by atoms with van der Waals surface area (Å²) in [5, 5.41) is 0. The smallest absolute Gasteiger partial charge is 0.222 e. The first kappa shape index (κ1) is 17.0. The van der Waals surface area contributed by atoms with Gasteiger partial charge < -0.3 is 9.32 Å². The van der Waals surface area contributed by atoms with Gasteiger partial charge >= 0.3 is 0 Å². The molecule has 0 saturated carbocycles. The Balaban J connectivity index is 1.43. The average molecular weight is 390 g/mol. The van der Waals surface area contributed by atoms with Crippen LogP contribution in [0.2, 0.25) is 0 Å². The van der Waals surface area contributed by atoms with Crippen molar-refractivity contribution in [1.82, 2.24) is 4.90 Å². The van der Waals surface area contributed by atoms with Crippen LogP contribution >= 0.6 is 15.9 Å². The number of Topliss-reactive ketones (excluding diaryl/α,β-unsaturated/α-hetero) is 1. The van der Waals surface area contributed by atoms with Gasteiger partial charge in [0.2, 0.25) is 5.91 Å². The van der Waals surface area contributed by atoms with Gasteiger partial charge in [-0.1, -0.05) is 28.1 Å². The van der Waals surface area contributed by atoms with Gasteiger partial charge in [-0.2, -0.15) is 0 Å². The van der Waals surface area contributed by atoms with Crippen LogP contribution in [0.25, 0.3) is 0 Å². The number of rotatable bonds is 6. The minimum absolute atomic E-state index is 0.0881. The maximum absolute atomic E-state index is 12.3. The van der Waals surface area contributed by atoms with Crippen LogP contribution in [0.5, 0.6) is 0 Å². The van der Waals surface area contributed by atoms with Crippen molar-refractivity contribution in [3.63, 3.8) is 0 Å². The number of likely N-dealkylation sites (tertiary alicyclic amines) is 1. The highest BCUT2D eigenvalue weighted by Crippen LogP contribution is 2.28. The zero-order valence-corrected chi connectivity index (χ0v) is 15.0. The quantitative estimate of drug-likeness (QED) is 0.687. The number of halogens is 1. The fourth-order valence-electron chi connectivity index (χ4n) is 3.08. The van der Waals surface area contributed by atoms with Crippen molar-refractivity contribution in [1.29, 1.82) is 0 Å². The number of ketones is 1. The van der Waals surface area contributed by atoms with Crippen LogP contribution in [0.1, 0.15) is 47.7 Å². The molecular weight excluding hydrogens is 370 g/mol. The second-order valence-corrected chi connectivity index (χ2v) is 7.04. The molecule has 1 atom stereocenters. The van der Waals surface area contributed by atoms with Gasteiger partial charge in [-0.25, -0.2) is 0 Å². The highest BCUT2D eigenvalue weighted by molar-refractivity contribution is 9.10. The molecule has 4 nitrogen and oxygen atoms in total. The molecule has 1 unspecified atom stereocenters. The highest BCUT2D eigenvalue weighted by atomic mass is 79.9. The van der Waals surface area contributed by atoms with Crippen molar-refractivity contribution in [2.24, 2.45) is 0 Å². The highest BCUT2D eigenvalue weighted by Gasteiger charge is 2.28. The van der Waals surface area contributed by atoms with E-state index in [4.69, 9.17) is 4.42 Å². The molecule has 3 rings (SSSR count). The number of benzene rings is 1. The summed E-state index contributed by atoms with van der Waals surface area (Å²) in [5.41, 5.74) is 0.699. The lowest BCUT2D eigenvalue weighted by Gasteiger charge is -2.16. The molecule has 1 aliphatic rings. The molecule has 1 saturated heterocycles. The Morgan fingerprint density at radius 2 is 1.96 bits per heavy atom. The van der Waals surface area contributed by atoms with Gasteiger partial charge in [0.25, 0.3) is 0 Å². The minimum Gasteiger partial charge on any atom is -0.469 e. The molecular formula is C19H20BrNO3. The van der Waals surface area contributed by atoms with E-state index in [9.17, 15) is 9.59 Å². The first-order valence-electron chi connectivity index (χ1n) is 8.23. The zero-order valence-electron chi connectivity index (χ0n) is 13.4. The molecule has 0 N–H and O–H groups in total. The van der Waals surface area contributed by atoms with Crippen molar-refractivity contribution in [2.75, 3.05) is 13.1 Å². The van der Waals surface area contributed by atoms with Gasteiger partial charge in [0.1, 0.15) is 5.76 Å². The van der Waals surface area contributed by atoms with Gasteiger partial charge in [-0.05, 0) is 37.1 Å². The maximum Gasteiger partial charge on any atom is 0.222 e. The van der Waals surface area contributed by atoms with Crippen LogP contribution < -0.4 is 0 Å². The maximum atomic E-state index is 12.3. The molecule has 0 spiro atoms. The number of furan rings is 1. The Bertz CT molecular complexity index is 694. The lowest BCUT2D eigenvalue weighted by molar-refractivity contribution is -0.130. The van der Waals surface area contributed by atoms with Crippen LogP contribution in [0.15, 0.2) is 51.6 Å². The molecule has 0 aliphatic carbocycles. The lowest BCUT2D eigenvalue weighted by Crippen LogP contribution is -2.28. The third-order valence-electron chi connectivity index (χ3n) is 4.45. The van der Waals surface area contributed by atoms with Crippen molar-refractivity contribution in [3.05, 3.63) is 58.5 Å². The summed E-state index contributed by atoms with van der Waals surface area (Å²) >= 11 is 3.35. The SMILES string of the molecule is O=C(CCCC(=O)N1CCC(c2ccco2)C1)c1ccc(Br)cc1. The van der Waals surface area contributed by atoms with Gasteiger partial charge in [0, 0.05) is 41.9 Å². The van der Waals surface area contributed by atoms with Gasteiger partial charge in [-0.15, -0.1) is 0 Å². The number of hydrogen-bond donors (Lipinski definition) is 0. The zero-order chi connectivity index (χ0) is 16.9. The molecule has 24 heavy (non-hydrogen) atoms. The summed E-state index contributed by atoms with van der Waals surface area (Å²) in [6.07, 6.45) is 4.04. The molecule has 1 fully saturated rings. The fraction of sp³-hybridized carbons (Fsp3) is 0.368. The Kier molecular flexibility index (Phi) is 5.51. The van der Waals surface area contributed by atoms with E-state index in [0.717, 1.165) is 23.2 Å². The number of carbonyl (C=O) groups is 2. The third kappa shape index (κ3) is 4.15. The Morgan fingerprint density at radius 3 is 2.67 bits per heavy atom. The number of amides is 1. The Hall–Kier alpha value is -1.88. The summed E-state index contributed by atoms with van der Waals surface area (Å²) in [6, 6.07) is 11.2. The number of hydrogen-bond acceptors (Lipinski definition) is 3. The topological polar surface area (TPSA) is 50.5 Å². The number of nitrogens with zero attached hydrogens (tertiary/aromatic N) is 1. The molecule has 0 radical (unpaired) electrons. The molecule has 5 heteroatoms. The second-order valence-electron chi connectivity index (χ2n) is 6.12. The summed E-state index contributed by atoms with van der Waals surface area (Å²) in [7, 11) is 0. The van der Waals surface area contributed by atoms with E-state index in [0.29, 0.717) is 37.3 Å². The summed E-state index contributed by atoms with van der Waals surface area (Å²) < 4.78 is 6.38. The van der Waals surface area contributed by atoms with Crippen LogP contribution in [-0.2, 0) is 4.79 Å². The van der Waals surface area contributed by atoms with Crippen LogP contribution in [0.4, 0.5) is 0 Å². The first-order chi connectivity index (χ1) is 11.6. The van der Waals surface area contributed by atoms with Crippen LogP contribution in [-0.4, -0.2) is 29.7 Å². The molecule has 2 heterocycles. The van der Waals surface area contributed by atoms with E-state index in [1.165, 1.54) is 0 Å². The predicted octanol–water partition coefficient (Wildman–Crippen LogP) is 4.41. The molecule has 1 amide bonds. The summed E-state index contributed by atoms with van der Waals surface area (Å²) in [5.74, 6) is 1.47. The first-order valence-corrected chi connectivity index (χ1v) is 9.03. The van der Waals surface area contributed by atoms with Crippen LogP contribution in [0, 0.1) is 0 Å². The Labute approximate surface area is 150 Å². The van der Waals surface area contributed by atoms with Crippen molar-refractivity contribution in [2.45, 2.75) is 31.6 Å². The van der Waals surface area contributed by atoms with E-state index in [-0.39, 0.29) is 11.7 Å². The number of carbonyl (C=O) groups excluding carboxylic acids is 2. The van der Waals surface area contributed by atoms with Gasteiger partial charge in [0.05, 0.1) is 6.26 Å². The van der Waals surface area contributed by atoms with Crippen molar-refractivity contribution >= 4 is 27.6 Å². The molecule has 0 bridgehead atoms. The Morgan fingerprint density at radius 1 is 1.17 bits per heavy atom. The summed E-state index contributed by atoms with van der Waals surface area (Å²) in [4.78, 5) is 26.3. The molecule has 1 aromatic carbocycles. The van der Waals surface area contributed by atoms with Crippen molar-refractivity contribution < 1.29 is 14.0 Å². The van der Waals surface area contributed by atoms with E-state index in [1.807, 2.05) is 41.3 Å². The molecule has 1 aromatic heterocycles. The summed E-state index contributed by atoms with van der Waals surface area (Å²) in [6.45, 7) is 1.48. The normalized spacial score (nSPS) is 17.2. The third-order valence-corrected chi connectivity index (χ3v) is 4.98. The van der Waals surface area contributed by atoms with E-state index in [1.54, 1.807) is 6.26 Å².